The van der Waals surface area contributed by atoms with E-state index < -0.39 is 17.2 Å². The van der Waals surface area contributed by atoms with Crippen LogP contribution in [0, 0.1) is 0 Å². The summed E-state index contributed by atoms with van der Waals surface area (Å²) < 4.78 is 11.9. The second-order valence-electron chi connectivity index (χ2n) is 6.08. The Morgan fingerprint density at radius 1 is 1.15 bits per heavy atom. The second-order valence-corrected chi connectivity index (χ2v) is 7.34. The fraction of sp³-hybridized carbons (Fsp3) is 0.667. The van der Waals surface area contributed by atoms with Crippen LogP contribution in [0.4, 0.5) is 0 Å². The number of hydrogen-bond acceptors (Lipinski definition) is 4. The topological polar surface area (TPSA) is 55.8 Å². The summed E-state index contributed by atoms with van der Waals surface area (Å²) in [6.07, 6.45) is 1.75. The van der Waals surface area contributed by atoms with E-state index in [-0.39, 0.29) is 6.61 Å². The molecule has 4 nitrogen and oxygen atoms in total. The molecule has 0 aliphatic heterocycles. The highest BCUT2D eigenvalue weighted by Crippen LogP contribution is 2.23. The van der Waals surface area contributed by atoms with Crippen LogP contribution in [0.2, 0.25) is 0 Å². The molecular formula is C15H25BrO4. The van der Waals surface area contributed by atoms with Crippen LogP contribution in [0.25, 0.3) is 0 Å². The molecule has 0 heterocycles. The van der Waals surface area contributed by atoms with Crippen LogP contribution >= 0.6 is 15.9 Å². The third-order valence-electron chi connectivity index (χ3n) is 2.29. The molecule has 0 rings (SSSR count). The average molecular weight is 349 g/mol. The van der Waals surface area contributed by atoms with E-state index in [1.54, 1.807) is 47.6 Å². The summed E-state index contributed by atoms with van der Waals surface area (Å²) in [6, 6.07) is 0. The van der Waals surface area contributed by atoms with Gasteiger partial charge in [0, 0.05) is 5.57 Å². The van der Waals surface area contributed by atoms with Crippen molar-refractivity contribution in [2.45, 2.75) is 59.7 Å². The van der Waals surface area contributed by atoms with Gasteiger partial charge in [-0.25, -0.2) is 4.79 Å². The van der Waals surface area contributed by atoms with Gasteiger partial charge < -0.3 is 14.6 Å². The Hall–Kier alpha value is -0.810. The Balaban J connectivity index is 5.12. The van der Waals surface area contributed by atoms with Crippen LogP contribution in [-0.2, 0) is 14.3 Å². The zero-order valence-corrected chi connectivity index (χ0v) is 14.9. The quantitative estimate of drug-likeness (QED) is 0.467. The Morgan fingerprint density at radius 2 is 1.65 bits per heavy atom. The maximum absolute atomic E-state index is 12.1. The molecule has 20 heavy (non-hydrogen) atoms. The number of hydrogen-bond donors (Lipinski definition) is 1. The molecule has 0 aromatic heterocycles. The molecule has 0 fully saturated rings. The minimum Gasteiger partial charge on any atom is -0.480 e. The lowest BCUT2D eigenvalue weighted by Crippen LogP contribution is -2.40. The van der Waals surface area contributed by atoms with E-state index in [2.05, 4.69) is 15.9 Å². The van der Waals surface area contributed by atoms with E-state index in [1.807, 2.05) is 6.92 Å². The van der Waals surface area contributed by atoms with Gasteiger partial charge in [-0.1, -0.05) is 15.9 Å². The first-order chi connectivity index (χ1) is 8.89. The molecule has 0 atom stereocenters. The third-order valence-corrected chi connectivity index (χ3v) is 2.52. The number of aliphatic hydroxyl groups excluding tert-OH is 1. The van der Waals surface area contributed by atoms with Gasteiger partial charge in [-0.05, 0) is 59.0 Å². The van der Waals surface area contributed by atoms with Gasteiger partial charge in [0.2, 0.25) is 0 Å². The molecule has 0 amide bonds. The van der Waals surface area contributed by atoms with Crippen molar-refractivity contribution in [1.29, 1.82) is 0 Å². The van der Waals surface area contributed by atoms with Gasteiger partial charge in [-0.3, -0.25) is 0 Å². The predicted octanol–water partition coefficient (Wildman–Crippen LogP) is 3.69. The smallest absolute Gasteiger partial charge is 0.350 e. The molecule has 0 unspecified atom stereocenters. The van der Waals surface area contributed by atoms with Crippen LogP contribution in [0.1, 0.15) is 48.5 Å². The number of carbonyl (C=O) groups is 1. The summed E-state index contributed by atoms with van der Waals surface area (Å²) in [6.45, 7) is 12.1. The predicted molar refractivity (Wildman–Crippen MR) is 83.5 cm³/mol. The molecule has 0 bridgehead atoms. The molecule has 0 spiro atoms. The molecule has 0 saturated carbocycles. The summed E-state index contributed by atoms with van der Waals surface area (Å²) in [7, 11) is 0. The second kappa shape index (κ2) is 7.27. The van der Waals surface area contributed by atoms with E-state index in [0.717, 1.165) is 4.48 Å². The summed E-state index contributed by atoms with van der Waals surface area (Å²) in [4.78, 5) is 12.1. The first-order valence-corrected chi connectivity index (χ1v) is 7.25. The zero-order valence-electron chi connectivity index (χ0n) is 13.3. The molecule has 0 radical (unpaired) electrons. The number of halogens is 1. The number of aliphatic hydroxyl groups is 1. The molecule has 116 valence electrons. The molecule has 0 aromatic rings. The highest BCUT2D eigenvalue weighted by atomic mass is 79.9. The fourth-order valence-corrected chi connectivity index (χ4v) is 1.67. The maximum atomic E-state index is 12.1. The monoisotopic (exact) mass is 348 g/mol. The van der Waals surface area contributed by atoms with Crippen molar-refractivity contribution >= 4 is 21.9 Å². The maximum Gasteiger partial charge on any atom is 0.350 e. The van der Waals surface area contributed by atoms with E-state index in [0.29, 0.717) is 11.3 Å². The number of rotatable bonds is 5. The van der Waals surface area contributed by atoms with Crippen LogP contribution in [0.5, 0.6) is 0 Å². The van der Waals surface area contributed by atoms with Gasteiger partial charge in [-0.15, -0.1) is 0 Å². The Morgan fingerprint density at radius 3 is 2.00 bits per heavy atom. The molecule has 5 heteroatoms. The number of ether oxygens (including phenoxy) is 2. The van der Waals surface area contributed by atoms with E-state index >= 15 is 0 Å². The largest absolute Gasteiger partial charge is 0.480 e. The lowest BCUT2D eigenvalue weighted by Gasteiger charge is -2.29. The minimum atomic E-state index is -1.12. The number of allylic oxidation sites excluding steroid dienone is 2. The standard InChI is InChI=1S/C15H25BrO4/c1-10(16)8-12(9-17)11(2)19-15(6,7)13(18)20-14(3,4)5/h8,17H,9H2,1-7H3/b10-8+,12-11-. The Kier molecular flexibility index (Phi) is 6.98. The Bertz CT molecular complexity index is 410. The van der Waals surface area contributed by atoms with Crippen molar-refractivity contribution in [2.24, 2.45) is 0 Å². The van der Waals surface area contributed by atoms with Crippen molar-refractivity contribution in [3.8, 4) is 0 Å². The highest BCUT2D eigenvalue weighted by Gasteiger charge is 2.35. The summed E-state index contributed by atoms with van der Waals surface area (Å²) >= 11 is 3.30. The number of carbonyl (C=O) groups excluding carboxylic acids is 1. The van der Waals surface area contributed by atoms with E-state index in [9.17, 15) is 9.90 Å². The molecule has 0 saturated heterocycles. The van der Waals surface area contributed by atoms with Crippen molar-refractivity contribution < 1.29 is 19.4 Å². The Labute approximate surface area is 130 Å². The molecule has 1 N–H and O–H groups in total. The van der Waals surface area contributed by atoms with Crippen LogP contribution < -0.4 is 0 Å². The van der Waals surface area contributed by atoms with Crippen molar-refractivity contribution in [3.63, 3.8) is 0 Å². The molecule has 0 aliphatic carbocycles. The van der Waals surface area contributed by atoms with Gasteiger partial charge in [-0.2, -0.15) is 0 Å². The summed E-state index contributed by atoms with van der Waals surface area (Å²) in [5.74, 6) is 0.0448. The molecular weight excluding hydrogens is 324 g/mol. The van der Waals surface area contributed by atoms with Crippen LogP contribution in [0.3, 0.4) is 0 Å². The van der Waals surface area contributed by atoms with Gasteiger partial charge in [0.05, 0.1) is 6.61 Å². The summed E-state index contributed by atoms with van der Waals surface area (Å²) in [5, 5.41) is 9.35. The highest BCUT2D eigenvalue weighted by molar-refractivity contribution is 9.11. The molecule has 0 aliphatic rings. The van der Waals surface area contributed by atoms with Gasteiger partial charge in [0.25, 0.3) is 0 Å². The van der Waals surface area contributed by atoms with Crippen LogP contribution in [-0.4, -0.2) is 28.9 Å². The summed E-state index contributed by atoms with van der Waals surface area (Å²) in [5.41, 5.74) is -1.08. The van der Waals surface area contributed by atoms with Crippen molar-refractivity contribution in [3.05, 3.63) is 21.9 Å². The van der Waals surface area contributed by atoms with Crippen LogP contribution in [0.15, 0.2) is 21.9 Å². The van der Waals surface area contributed by atoms with Crippen molar-refractivity contribution in [2.75, 3.05) is 6.61 Å². The van der Waals surface area contributed by atoms with Crippen molar-refractivity contribution in [1.82, 2.24) is 0 Å². The lowest BCUT2D eigenvalue weighted by molar-refractivity contribution is -0.175. The van der Waals surface area contributed by atoms with Gasteiger partial charge in [0.1, 0.15) is 11.4 Å². The normalized spacial score (nSPS) is 14.8. The third kappa shape index (κ3) is 7.10. The van der Waals surface area contributed by atoms with Gasteiger partial charge >= 0.3 is 5.97 Å². The minimum absolute atomic E-state index is 0.167. The van der Waals surface area contributed by atoms with E-state index in [1.165, 1.54) is 0 Å². The number of esters is 1. The average Bonchev–Trinajstić information content (AvgIpc) is 2.22. The van der Waals surface area contributed by atoms with Gasteiger partial charge in [0.15, 0.2) is 5.60 Å². The SMILES string of the molecule is C/C(OC(C)(C)C(=O)OC(C)(C)C)=C(\C=C(/C)Br)CO. The fourth-order valence-electron chi connectivity index (χ4n) is 1.39. The molecule has 0 aromatic carbocycles. The zero-order chi connectivity index (χ0) is 16.1. The first-order valence-electron chi connectivity index (χ1n) is 6.46. The van der Waals surface area contributed by atoms with E-state index in [4.69, 9.17) is 9.47 Å². The first kappa shape index (κ1) is 19.2. The lowest BCUT2D eigenvalue weighted by atomic mass is 10.1.